The molecule has 1 aromatic heterocycles. The highest BCUT2D eigenvalue weighted by Gasteiger charge is 2.11. The Morgan fingerprint density at radius 2 is 2.00 bits per heavy atom. The number of nitrogens with zero attached hydrogens (tertiary/aromatic N) is 1. The molecule has 3 aromatic rings. The van der Waals surface area contributed by atoms with Crippen molar-refractivity contribution in [3.05, 3.63) is 64.0 Å². The molecule has 0 spiro atoms. The van der Waals surface area contributed by atoms with Crippen LogP contribution in [-0.4, -0.2) is 18.0 Å². The Morgan fingerprint density at radius 1 is 1.17 bits per heavy atom. The number of hydrogen-bond donors (Lipinski definition) is 1. The number of aromatic nitrogens is 1. The van der Waals surface area contributed by atoms with Crippen molar-refractivity contribution >= 4 is 22.9 Å². The summed E-state index contributed by atoms with van der Waals surface area (Å²) in [5.41, 5.74) is 4.17. The van der Waals surface area contributed by atoms with Crippen LogP contribution in [0.25, 0.3) is 11.3 Å². The first-order valence-corrected chi connectivity index (χ1v) is 8.43. The molecule has 3 rings (SSSR count). The minimum Gasteiger partial charge on any atom is -0.497 e. The molecule has 5 heteroatoms. The normalized spacial score (nSPS) is 10.5. The predicted molar refractivity (Wildman–Crippen MR) is 98.0 cm³/mol. The lowest BCUT2D eigenvalue weighted by atomic mass is 10.1. The largest absolute Gasteiger partial charge is 0.497 e. The number of hydrogen-bond acceptors (Lipinski definition) is 4. The molecular formula is C19H18N2O2S. The van der Waals surface area contributed by atoms with Gasteiger partial charge in [0.05, 0.1) is 17.8 Å². The van der Waals surface area contributed by atoms with Crippen LogP contribution >= 0.6 is 11.3 Å². The number of thiazole rings is 1. The summed E-state index contributed by atoms with van der Waals surface area (Å²) < 4.78 is 5.18. The fourth-order valence-electron chi connectivity index (χ4n) is 2.47. The van der Waals surface area contributed by atoms with Crippen LogP contribution in [0.3, 0.4) is 0 Å². The van der Waals surface area contributed by atoms with Crippen molar-refractivity contribution in [1.82, 2.24) is 4.98 Å². The molecule has 0 radical (unpaired) electrons. The van der Waals surface area contributed by atoms with Crippen molar-refractivity contribution < 1.29 is 9.53 Å². The number of carbonyl (C=O) groups excluding carboxylic acids is 1. The van der Waals surface area contributed by atoms with Crippen LogP contribution in [0.4, 0.5) is 5.69 Å². The summed E-state index contributed by atoms with van der Waals surface area (Å²) >= 11 is 1.61. The molecule has 122 valence electrons. The van der Waals surface area contributed by atoms with Crippen molar-refractivity contribution in [1.29, 1.82) is 0 Å². The third-order valence-electron chi connectivity index (χ3n) is 3.71. The van der Waals surface area contributed by atoms with Crippen molar-refractivity contribution in [2.45, 2.75) is 13.8 Å². The Bertz CT molecular complexity index is 887. The number of methoxy groups -OCH3 is 1. The fourth-order valence-corrected chi connectivity index (χ4v) is 3.09. The van der Waals surface area contributed by atoms with Crippen LogP contribution < -0.4 is 10.1 Å². The van der Waals surface area contributed by atoms with E-state index in [0.717, 1.165) is 33.3 Å². The Hall–Kier alpha value is -2.66. The number of amides is 1. The summed E-state index contributed by atoms with van der Waals surface area (Å²) in [7, 11) is 1.61. The van der Waals surface area contributed by atoms with E-state index in [0.29, 0.717) is 5.56 Å². The van der Waals surface area contributed by atoms with Gasteiger partial charge in [-0.2, -0.15) is 0 Å². The van der Waals surface area contributed by atoms with Crippen molar-refractivity contribution in [2.75, 3.05) is 12.4 Å². The van der Waals surface area contributed by atoms with Gasteiger partial charge in [-0.3, -0.25) is 4.79 Å². The molecule has 0 bridgehead atoms. The van der Waals surface area contributed by atoms with Crippen molar-refractivity contribution in [3.8, 4) is 17.0 Å². The van der Waals surface area contributed by atoms with Crippen molar-refractivity contribution in [2.24, 2.45) is 0 Å². The number of rotatable bonds is 4. The molecule has 1 heterocycles. The first-order valence-electron chi connectivity index (χ1n) is 7.55. The van der Waals surface area contributed by atoms with E-state index < -0.39 is 0 Å². The molecule has 0 saturated heterocycles. The number of aryl methyl sites for hydroxylation is 2. The van der Waals surface area contributed by atoms with Gasteiger partial charge in [0.1, 0.15) is 5.75 Å². The first kappa shape index (κ1) is 16.2. The Kier molecular flexibility index (Phi) is 4.62. The van der Waals surface area contributed by atoms with Gasteiger partial charge in [0.25, 0.3) is 5.91 Å². The lowest BCUT2D eigenvalue weighted by Gasteiger charge is -2.10. The third kappa shape index (κ3) is 3.46. The van der Waals surface area contributed by atoms with Crippen LogP contribution in [0.2, 0.25) is 0 Å². The highest BCUT2D eigenvalue weighted by Crippen LogP contribution is 2.25. The topological polar surface area (TPSA) is 51.2 Å². The number of ether oxygens (including phenoxy) is 1. The number of benzene rings is 2. The Labute approximate surface area is 145 Å². The molecule has 0 saturated carbocycles. The van der Waals surface area contributed by atoms with Gasteiger partial charge in [0.15, 0.2) is 0 Å². The number of carbonyl (C=O) groups is 1. The maximum atomic E-state index is 12.5. The zero-order valence-corrected chi connectivity index (χ0v) is 14.6. The van der Waals surface area contributed by atoms with Crippen LogP contribution in [0, 0.1) is 13.8 Å². The zero-order chi connectivity index (χ0) is 17.1. The minimum absolute atomic E-state index is 0.137. The number of nitrogens with one attached hydrogen (secondary N) is 1. The molecule has 4 nitrogen and oxygen atoms in total. The lowest BCUT2D eigenvalue weighted by Crippen LogP contribution is -2.13. The molecule has 0 aliphatic rings. The van der Waals surface area contributed by atoms with Gasteiger partial charge < -0.3 is 10.1 Å². The second kappa shape index (κ2) is 6.84. The minimum atomic E-state index is -0.137. The predicted octanol–water partition coefficient (Wildman–Crippen LogP) is 4.69. The van der Waals surface area contributed by atoms with Crippen LogP contribution in [-0.2, 0) is 0 Å². The summed E-state index contributed by atoms with van der Waals surface area (Å²) in [5, 5.41) is 5.99. The van der Waals surface area contributed by atoms with E-state index in [4.69, 9.17) is 4.74 Å². The molecule has 1 N–H and O–H groups in total. The third-order valence-corrected chi connectivity index (χ3v) is 4.49. The second-order valence-electron chi connectivity index (χ2n) is 5.47. The second-order valence-corrected chi connectivity index (χ2v) is 6.53. The average Bonchev–Trinajstić information content (AvgIpc) is 3.01. The molecule has 24 heavy (non-hydrogen) atoms. The molecule has 0 atom stereocenters. The fraction of sp³-hybridized carbons (Fsp3) is 0.158. The molecule has 2 aromatic carbocycles. The van der Waals surface area contributed by atoms with Gasteiger partial charge in [-0.25, -0.2) is 4.98 Å². The summed E-state index contributed by atoms with van der Waals surface area (Å²) in [4.78, 5) is 17.0. The molecule has 0 aliphatic carbocycles. The molecule has 0 fully saturated rings. The van der Waals surface area contributed by atoms with E-state index in [2.05, 4.69) is 10.3 Å². The van der Waals surface area contributed by atoms with E-state index in [1.807, 2.05) is 49.6 Å². The van der Waals surface area contributed by atoms with Crippen molar-refractivity contribution in [3.63, 3.8) is 0 Å². The van der Waals surface area contributed by atoms with E-state index in [9.17, 15) is 4.79 Å². The number of anilines is 1. The standard InChI is InChI=1S/C19H18N2O2S/c1-12-9-16(23-3)7-8-17(12)19(22)21-15-6-4-5-14(10-15)18-11-24-13(2)20-18/h4-11H,1-3H3,(H,21,22). The molecule has 0 aliphatic heterocycles. The van der Waals surface area contributed by atoms with Gasteiger partial charge in [0, 0.05) is 22.2 Å². The van der Waals surface area contributed by atoms with Gasteiger partial charge >= 0.3 is 0 Å². The maximum absolute atomic E-state index is 12.5. The van der Waals surface area contributed by atoms with E-state index in [1.54, 1.807) is 30.6 Å². The smallest absolute Gasteiger partial charge is 0.255 e. The lowest BCUT2D eigenvalue weighted by molar-refractivity contribution is 0.102. The van der Waals surface area contributed by atoms with Crippen LogP contribution in [0.5, 0.6) is 5.75 Å². The highest BCUT2D eigenvalue weighted by molar-refractivity contribution is 7.09. The Balaban J connectivity index is 1.82. The maximum Gasteiger partial charge on any atom is 0.255 e. The first-order chi connectivity index (χ1) is 11.6. The average molecular weight is 338 g/mol. The van der Waals surface area contributed by atoms with E-state index in [1.165, 1.54) is 0 Å². The van der Waals surface area contributed by atoms with E-state index in [-0.39, 0.29) is 5.91 Å². The van der Waals surface area contributed by atoms with Crippen LogP contribution in [0.15, 0.2) is 47.8 Å². The molecule has 0 unspecified atom stereocenters. The van der Waals surface area contributed by atoms with Gasteiger partial charge in [-0.05, 0) is 49.7 Å². The van der Waals surface area contributed by atoms with E-state index >= 15 is 0 Å². The zero-order valence-electron chi connectivity index (χ0n) is 13.8. The SMILES string of the molecule is COc1ccc(C(=O)Nc2cccc(-c3csc(C)n3)c2)c(C)c1. The Morgan fingerprint density at radius 3 is 2.67 bits per heavy atom. The highest BCUT2D eigenvalue weighted by atomic mass is 32.1. The van der Waals surface area contributed by atoms with Gasteiger partial charge in [-0.15, -0.1) is 11.3 Å². The van der Waals surface area contributed by atoms with Gasteiger partial charge in [0.2, 0.25) is 0 Å². The quantitative estimate of drug-likeness (QED) is 0.751. The van der Waals surface area contributed by atoms with Crippen LogP contribution in [0.1, 0.15) is 20.9 Å². The summed E-state index contributed by atoms with van der Waals surface area (Å²) in [6.07, 6.45) is 0. The summed E-state index contributed by atoms with van der Waals surface area (Å²) in [6, 6.07) is 13.1. The van der Waals surface area contributed by atoms with Gasteiger partial charge in [-0.1, -0.05) is 12.1 Å². The summed E-state index contributed by atoms with van der Waals surface area (Å²) in [5.74, 6) is 0.603. The molecule has 1 amide bonds. The molecular weight excluding hydrogens is 320 g/mol. The monoisotopic (exact) mass is 338 g/mol. The summed E-state index contributed by atoms with van der Waals surface area (Å²) in [6.45, 7) is 3.87.